The number of aromatic amines is 1. The lowest BCUT2D eigenvalue weighted by Gasteiger charge is -2.38. The van der Waals surface area contributed by atoms with E-state index in [1.54, 1.807) is 6.92 Å². The molecule has 3 nitrogen and oxygen atoms in total. The molecule has 0 saturated heterocycles. The lowest BCUT2D eigenvalue weighted by Crippen LogP contribution is -2.51. The number of aryl methyl sites for hydroxylation is 1. The molecule has 2 N–H and O–H groups in total. The number of hydrogen-bond donors (Lipinski definition) is 2. The molecular weight excluding hydrogens is 391 g/mol. The van der Waals surface area contributed by atoms with Crippen LogP contribution in [0, 0.1) is 18.7 Å². The molecule has 3 rings (SSSR count). The fourth-order valence-electron chi connectivity index (χ4n) is 3.90. The molecule has 156 valence electrons. The molecule has 1 atom stereocenters. The average molecular weight is 412 g/mol. The van der Waals surface area contributed by atoms with Crippen LogP contribution in [0.15, 0.2) is 36.5 Å². The standard InChI is InChI=1S/C21H21F5N2O/c1-12-4-5-14(22)9-16(12)19(2,3)11-20(29,21(24,25)26)10-15-8-13-6-7-27-18(23)17(13)28-15/h4-9,28-29H,10-11H2,1-3H3. The van der Waals surface area contributed by atoms with E-state index in [1.165, 1.54) is 50.4 Å². The van der Waals surface area contributed by atoms with E-state index in [2.05, 4.69) is 9.97 Å². The monoisotopic (exact) mass is 412 g/mol. The second kappa shape index (κ2) is 7.09. The minimum atomic E-state index is -4.96. The topological polar surface area (TPSA) is 48.9 Å². The summed E-state index contributed by atoms with van der Waals surface area (Å²) in [6.07, 6.45) is -5.26. The Hall–Kier alpha value is -2.48. The summed E-state index contributed by atoms with van der Waals surface area (Å²) < 4.78 is 69.3. The molecule has 0 bridgehead atoms. The smallest absolute Gasteiger partial charge is 0.380 e. The van der Waals surface area contributed by atoms with Crippen molar-refractivity contribution in [2.45, 2.75) is 50.8 Å². The molecule has 29 heavy (non-hydrogen) atoms. The third-order valence-electron chi connectivity index (χ3n) is 5.23. The number of aromatic nitrogens is 2. The lowest BCUT2D eigenvalue weighted by atomic mass is 9.72. The van der Waals surface area contributed by atoms with Crippen molar-refractivity contribution in [2.75, 3.05) is 0 Å². The molecule has 0 spiro atoms. The average Bonchev–Trinajstić information content (AvgIpc) is 2.99. The van der Waals surface area contributed by atoms with Gasteiger partial charge in [-0.25, -0.2) is 9.37 Å². The fraction of sp³-hybridized carbons (Fsp3) is 0.381. The molecule has 0 saturated carbocycles. The number of pyridine rings is 1. The van der Waals surface area contributed by atoms with Crippen LogP contribution in [-0.4, -0.2) is 26.9 Å². The number of nitrogens with zero attached hydrogens (tertiary/aromatic N) is 1. The van der Waals surface area contributed by atoms with Gasteiger partial charge in [-0.3, -0.25) is 0 Å². The van der Waals surface area contributed by atoms with Crippen molar-refractivity contribution in [3.63, 3.8) is 0 Å². The number of alkyl halides is 3. The second-order valence-electron chi connectivity index (χ2n) is 8.09. The molecule has 0 amide bonds. The molecular formula is C21H21F5N2O. The summed E-state index contributed by atoms with van der Waals surface area (Å²) in [5, 5.41) is 11.1. The number of fused-ring (bicyclic) bond motifs is 1. The van der Waals surface area contributed by atoms with Gasteiger partial charge in [-0.1, -0.05) is 19.9 Å². The summed E-state index contributed by atoms with van der Waals surface area (Å²) >= 11 is 0. The zero-order valence-electron chi connectivity index (χ0n) is 16.2. The summed E-state index contributed by atoms with van der Waals surface area (Å²) in [7, 11) is 0. The Kier molecular flexibility index (Phi) is 5.19. The minimum absolute atomic E-state index is 0.0211. The van der Waals surface area contributed by atoms with Crippen molar-refractivity contribution in [3.8, 4) is 0 Å². The normalized spacial score (nSPS) is 14.9. The highest BCUT2D eigenvalue weighted by atomic mass is 19.4. The van der Waals surface area contributed by atoms with Gasteiger partial charge in [0.15, 0.2) is 5.60 Å². The van der Waals surface area contributed by atoms with Crippen molar-refractivity contribution in [1.82, 2.24) is 9.97 Å². The SMILES string of the molecule is Cc1ccc(F)cc1C(C)(C)CC(O)(Cc1cc2ccnc(F)c2[nH]1)C(F)(F)F. The Balaban J connectivity index is 2.00. The molecule has 0 aliphatic heterocycles. The van der Waals surface area contributed by atoms with Gasteiger partial charge in [0.2, 0.25) is 5.95 Å². The number of aliphatic hydroxyl groups is 1. The largest absolute Gasteiger partial charge is 0.417 e. The van der Waals surface area contributed by atoms with Gasteiger partial charge in [-0.05, 0) is 54.2 Å². The number of hydrogen-bond acceptors (Lipinski definition) is 2. The zero-order valence-corrected chi connectivity index (χ0v) is 16.2. The number of H-pyrrole nitrogens is 1. The van der Waals surface area contributed by atoms with Crippen molar-refractivity contribution >= 4 is 10.9 Å². The van der Waals surface area contributed by atoms with Gasteiger partial charge >= 0.3 is 6.18 Å². The molecule has 2 aromatic heterocycles. The quantitative estimate of drug-likeness (QED) is 0.438. The van der Waals surface area contributed by atoms with E-state index in [1.807, 2.05) is 0 Å². The summed E-state index contributed by atoms with van der Waals surface area (Å²) in [6.45, 7) is 4.73. The van der Waals surface area contributed by atoms with Gasteiger partial charge in [0.1, 0.15) is 11.3 Å². The van der Waals surface area contributed by atoms with Crippen LogP contribution in [0.3, 0.4) is 0 Å². The molecule has 0 radical (unpaired) electrons. The Bertz CT molecular complexity index is 1040. The first-order valence-corrected chi connectivity index (χ1v) is 9.00. The maximum absolute atomic E-state index is 13.9. The third kappa shape index (κ3) is 4.12. The summed E-state index contributed by atoms with van der Waals surface area (Å²) in [5.74, 6) is -1.40. The van der Waals surface area contributed by atoms with Crippen molar-refractivity contribution < 1.29 is 27.1 Å². The van der Waals surface area contributed by atoms with E-state index >= 15 is 0 Å². The van der Waals surface area contributed by atoms with Crippen LogP contribution in [0.5, 0.6) is 0 Å². The number of benzene rings is 1. The van der Waals surface area contributed by atoms with E-state index < -0.39 is 41.8 Å². The highest BCUT2D eigenvalue weighted by Crippen LogP contribution is 2.44. The maximum Gasteiger partial charge on any atom is 0.417 e. The Morgan fingerprint density at radius 3 is 2.38 bits per heavy atom. The van der Waals surface area contributed by atoms with E-state index in [0.717, 1.165) is 0 Å². The van der Waals surface area contributed by atoms with Crippen LogP contribution in [0.1, 0.15) is 37.1 Å². The summed E-state index contributed by atoms with van der Waals surface area (Å²) in [6, 6.07) is 6.74. The maximum atomic E-state index is 13.9. The molecule has 0 aliphatic rings. The minimum Gasteiger partial charge on any atom is -0.380 e. The number of halogens is 5. The van der Waals surface area contributed by atoms with Crippen molar-refractivity contribution in [3.05, 3.63) is 65.1 Å². The fourth-order valence-corrected chi connectivity index (χ4v) is 3.90. The van der Waals surface area contributed by atoms with Crippen molar-refractivity contribution in [1.29, 1.82) is 0 Å². The van der Waals surface area contributed by atoms with E-state index in [9.17, 15) is 27.1 Å². The molecule has 2 heterocycles. The number of rotatable bonds is 5. The van der Waals surface area contributed by atoms with E-state index in [0.29, 0.717) is 16.5 Å². The predicted molar refractivity (Wildman–Crippen MR) is 99.5 cm³/mol. The molecule has 1 unspecified atom stereocenters. The zero-order chi connectivity index (χ0) is 21.6. The van der Waals surface area contributed by atoms with Crippen LogP contribution in [-0.2, 0) is 11.8 Å². The van der Waals surface area contributed by atoms with Gasteiger partial charge in [-0.15, -0.1) is 0 Å². The first-order valence-electron chi connectivity index (χ1n) is 9.00. The Morgan fingerprint density at radius 1 is 1.07 bits per heavy atom. The lowest BCUT2D eigenvalue weighted by molar-refractivity contribution is -0.266. The highest BCUT2D eigenvalue weighted by Gasteiger charge is 2.56. The second-order valence-corrected chi connectivity index (χ2v) is 8.09. The molecule has 1 aromatic carbocycles. The van der Waals surface area contributed by atoms with Crippen LogP contribution in [0.2, 0.25) is 0 Å². The van der Waals surface area contributed by atoms with Crippen LogP contribution in [0.25, 0.3) is 10.9 Å². The van der Waals surface area contributed by atoms with Gasteiger partial charge in [0, 0.05) is 23.7 Å². The summed E-state index contributed by atoms with van der Waals surface area (Å²) in [4.78, 5) is 6.04. The van der Waals surface area contributed by atoms with Gasteiger partial charge in [0.05, 0.1) is 0 Å². The summed E-state index contributed by atoms with van der Waals surface area (Å²) in [5.41, 5.74) is -3.28. The van der Waals surface area contributed by atoms with E-state index in [4.69, 9.17) is 0 Å². The first kappa shape index (κ1) is 21.2. The number of nitrogens with one attached hydrogen (secondary N) is 1. The molecule has 0 aliphatic carbocycles. The Morgan fingerprint density at radius 2 is 1.76 bits per heavy atom. The molecule has 3 aromatic rings. The van der Waals surface area contributed by atoms with Gasteiger partial charge in [-0.2, -0.15) is 17.6 Å². The third-order valence-corrected chi connectivity index (χ3v) is 5.23. The Labute approximate surface area is 164 Å². The van der Waals surface area contributed by atoms with Crippen molar-refractivity contribution in [2.24, 2.45) is 0 Å². The van der Waals surface area contributed by atoms with Crippen LogP contribution in [0.4, 0.5) is 22.0 Å². The first-order chi connectivity index (χ1) is 13.3. The molecule has 8 heteroatoms. The van der Waals surface area contributed by atoms with E-state index in [-0.39, 0.29) is 11.2 Å². The van der Waals surface area contributed by atoms with Gasteiger partial charge in [0.25, 0.3) is 0 Å². The highest BCUT2D eigenvalue weighted by molar-refractivity contribution is 5.79. The van der Waals surface area contributed by atoms with Crippen LogP contribution >= 0.6 is 0 Å². The van der Waals surface area contributed by atoms with Crippen LogP contribution < -0.4 is 0 Å². The molecule has 0 fully saturated rings. The van der Waals surface area contributed by atoms with Gasteiger partial charge < -0.3 is 10.1 Å². The predicted octanol–water partition coefficient (Wildman–Crippen LogP) is 5.35.